The lowest BCUT2D eigenvalue weighted by molar-refractivity contribution is -0.120. The Balaban J connectivity index is 1.69. The van der Waals surface area contributed by atoms with E-state index in [2.05, 4.69) is 10.6 Å². The highest BCUT2D eigenvalue weighted by Crippen LogP contribution is 2.29. The van der Waals surface area contributed by atoms with Crippen LogP contribution in [0.2, 0.25) is 5.02 Å². The molecule has 25 heavy (non-hydrogen) atoms. The van der Waals surface area contributed by atoms with Crippen LogP contribution in [0.4, 0.5) is 5.69 Å². The minimum Gasteiger partial charge on any atom is -0.488 e. The fraction of sp³-hybridized carbons (Fsp3) is 0.158. The molecule has 2 amide bonds. The van der Waals surface area contributed by atoms with Crippen LogP contribution in [0.3, 0.4) is 0 Å². The highest BCUT2D eigenvalue weighted by molar-refractivity contribution is 6.30. The second kappa shape index (κ2) is 7.40. The molecule has 0 saturated carbocycles. The average molecular weight is 357 g/mol. The Labute approximate surface area is 150 Å². The zero-order valence-corrected chi connectivity index (χ0v) is 14.4. The van der Waals surface area contributed by atoms with Crippen molar-refractivity contribution in [2.45, 2.75) is 6.42 Å². The predicted molar refractivity (Wildman–Crippen MR) is 97.8 cm³/mol. The van der Waals surface area contributed by atoms with Crippen molar-refractivity contribution < 1.29 is 14.3 Å². The Kier molecular flexibility index (Phi) is 5.05. The van der Waals surface area contributed by atoms with Crippen LogP contribution in [0, 0.1) is 0 Å². The van der Waals surface area contributed by atoms with Crippen molar-refractivity contribution in [3.8, 4) is 5.75 Å². The normalized spacial score (nSPS) is 12.5. The lowest BCUT2D eigenvalue weighted by Gasteiger charge is -2.18. The largest absolute Gasteiger partial charge is 0.488 e. The molecule has 0 atom stereocenters. The Morgan fingerprint density at radius 3 is 2.64 bits per heavy atom. The highest BCUT2D eigenvalue weighted by atomic mass is 35.5. The zero-order valence-electron chi connectivity index (χ0n) is 13.6. The van der Waals surface area contributed by atoms with E-state index in [0.717, 1.165) is 11.1 Å². The lowest BCUT2D eigenvalue weighted by Crippen LogP contribution is -2.21. The van der Waals surface area contributed by atoms with Gasteiger partial charge in [0.2, 0.25) is 5.91 Å². The maximum Gasteiger partial charge on any atom is 0.255 e. The molecule has 0 saturated heterocycles. The van der Waals surface area contributed by atoms with E-state index < -0.39 is 0 Å². The van der Waals surface area contributed by atoms with Gasteiger partial charge in [-0.25, -0.2) is 0 Å². The molecule has 0 aliphatic carbocycles. The molecule has 2 aromatic carbocycles. The van der Waals surface area contributed by atoms with Gasteiger partial charge < -0.3 is 15.4 Å². The average Bonchev–Trinajstić information content (AvgIpc) is 2.62. The van der Waals surface area contributed by atoms with E-state index in [1.807, 2.05) is 12.1 Å². The molecular formula is C19H17ClN2O3. The number of amides is 2. The third-order valence-corrected chi connectivity index (χ3v) is 4.07. The van der Waals surface area contributed by atoms with E-state index in [1.54, 1.807) is 43.5 Å². The van der Waals surface area contributed by atoms with Gasteiger partial charge >= 0.3 is 0 Å². The van der Waals surface area contributed by atoms with Gasteiger partial charge in [-0.3, -0.25) is 9.59 Å². The molecular weight excluding hydrogens is 340 g/mol. The van der Waals surface area contributed by atoms with Crippen molar-refractivity contribution in [3.05, 3.63) is 64.2 Å². The van der Waals surface area contributed by atoms with Crippen molar-refractivity contribution in [1.29, 1.82) is 0 Å². The van der Waals surface area contributed by atoms with Crippen LogP contribution in [0.25, 0.3) is 6.08 Å². The quantitative estimate of drug-likeness (QED) is 0.884. The van der Waals surface area contributed by atoms with E-state index in [-0.39, 0.29) is 18.4 Å². The second-order valence-corrected chi connectivity index (χ2v) is 6.08. The van der Waals surface area contributed by atoms with Gasteiger partial charge in [0.15, 0.2) is 0 Å². The van der Waals surface area contributed by atoms with Crippen LogP contribution < -0.4 is 15.4 Å². The number of hydrogen-bond donors (Lipinski definition) is 2. The molecule has 2 aromatic rings. The van der Waals surface area contributed by atoms with Crippen LogP contribution in [0.5, 0.6) is 5.75 Å². The maximum atomic E-state index is 12.4. The van der Waals surface area contributed by atoms with Gasteiger partial charge in [-0.05, 0) is 42.0 Å². The van der Waals surface area contributed by atoms with Crippen LogP contribution >= 0.6 is 11.6 Å². The Hall–Kier alpha value is -2.79. The fourth-order valence-electron chi connectivity index (χ4n) is 2.47. The number of rotatable bonds is 4. The molecule has 2 N–H and O–H groups in total. The summed E-state index contributed by atoms with van der Waals surface area (Å²) in [5.41, 5.74) is 2.83. The molecule has 0 bridgehead atoms. The summed E-state index contributed by atoms with van der Waals surface area (Å²) in [4.78, 5) is 23.8. The van der Waals surface area contributed by atoms with Crippen LogP contribution in [0.15, 0.2) is 48.0 Å². The molecule has 6 heteroatoms. The second-order valence-electron chi connectivity index (χ2n) is 5.64. The number of halogens is 1. The molecule has 3 rings (SSSR count). The number of nitrogens with one attached hydrogen (secondary N) is 2. The minimum atomic E-state index is -0.232. The van der Waals surface area contributed by atoms with Gasteiger partial charge in [-0.15, -0.1) is 0 Å². The predicted octanol–water partition coefficient (Wildman–Crippen LogP) is 3.04. The van der Waals surface area contributed by atoms with Crippen molar-refractivity contribution in [3.63, 3.8) is 0 Å². The Morgan fingerprint density at radius 1 is 1.16 bits per heavy atom. The number of fused-ring (bicyclic) bond motifs is 1. The molecule has 0 radical (unpaired) electrons. The van der Waals surface area contributed by atoms with Gasteiger partial charge in [0, 0.05) is 23.3 Å². The molecule has 0 spiro atoms. The number of likely N-dealkylation sites (N-methyl/N-ethyl adjacent to an activating group) is 1. The summed E-state index contributed by atoms with van der Waals surface area (Å²) in [5.74, 6) is 0.419. The first-order valence-corrected chi connectivity index (χ1v) is 8.17. The van der Waals surface area contributed by atoms with E-state index in [1.165, 1.54) is 0 Å². The maximum absolute atomic E-state index is 12.4. The molecule has 0 aromatic heterocycles. The minimum absolute atomic E-state index is 0.0568. The number of anilines is 1. The molecule has 1 heterocycles. The molecule has 1 aliphatic heterocycles. The number of carbonyl (C=O) groups excluding carboxylic acids is 2. The standard InChI is InChI=1S/C19H17ClN2O3/c1-21-18(23)8-12-2-5-16(6-3-12)22-19(24)14-9-13-10-15(20)4-7-17(13)25-11-14/h2-7,9-10H,8,11H2,1H3,(H,21,23)(H,22,24). The summed E-state index contributed by atoms with van der Waals surface area (Å²) in [7, 11) is 1.60. The number of carbonyl (C=O) groups is 2. The van der Waals surface area contributed by atoms with E-state index >= 15 is 0 Å². The lowest BCUT2D eigenvalue weighted by atomic mass is 10.1. The molecule has 128 valence electrons. The van der Waals surface area contributed by atoms with Crippen LogP contribution in [0.1, 0.15) is 11.1 Å². The molecule has 0 fully saturated rings. The molecule has 5 nitrogen and oxygen atoms in total. The summed E-state index contributed by atoms with van der Waals surface area (Å²) in [6.45, 7) is 0.204. The van der Waals surface area contributed by atoms with Crippen molar-refractivity contribution in [2.24, 2.45) is 0 Å². The van der Waals surface area contributed by atoms with Crippen molar-refractivity contribution in [1.82, 2.24) is 5.32 Å². The third-order valence-electron chi connectivity index (χ3n) is 3.83. The first-order chi connectivity index (χ1) is 12.0. The first-order valence-electron chi connectivity index (χ1n) is 7.79. The number of benzene rings is 2. The van der Waals surface area contributed by atoms with Gasteiger partial charge in [-0.2, -0.15) is 0 Å². The van der Waals surface area contributed by atoms with Crippen LogP contribution in [-0.2, 0) is 16.0 Å². The summed E-state index contributed by atoms with van der Waals surface area (Å²) < 4.78 is 5.59. The highest BCUT2D eigenvalue weighted by Gasteiger charge is 2.17. The number of ether oxygens (including phenoxy) is 1. The summed E-state index contributed by atoms with van der Waals surface area (Å²) >= 11 is 5.98. The van der Waals surface area contributed by atoms with Crippen LogP contribution in [-0.4, -0.2) is 25.5 Å². The van der Waals surface area contributed by atoms with Crippen molar-refractivity contribution in [2.75, 3.05) is 19.0 Å². The van der Waals surface area contributed by atoms with Crippen molar-refractivity contribution >= 4 is 35.2 Å². The summed E-state index contributed by atoms with van der Waals surface area (Å²) in [6, 6.07) is 12.5. The Bertz CT molecular complexity index is 844. The molecule has 1 aliphatic rings. The summed E-state index contributed by atoms with van der Waals surface area (Å²) in [6.07, 6.45) is 2.08. The van der Waals surface area contributed by atoms with E-state index in [4.69, 9.17) is 16.3 Å². The summed E-state index contributed by atoms with van der Waals surface area (Å²) in [5, 5.41) is 6.00. The Morgan fingerprint density at radius 2 is 1.92 bits per heavy atom. The molecule has 0 unspecified atom stereocenters. The van der Waals surface area contributed by atoms with Gasteiger partial charge in [-0.1, -0.05) is 23.7 Å². The monoisotopic (exact) mass is 356 g/mol. The third kappa shape index (κ3) is 4.19. The van der Waals surface area contributed by atoms with Gasteiger partial charge in [0.25, 0.3) is 5.91 Å². The topological polar surface area (TPSA) is 67.4 Å². The van der Waals surface area contributed by atoms with Gasteiger partial charge in [0.1, 0.15) is 12.4 Å². The fourth-order valence-corrected chi connectivity index (χ4v) is 2.65. The number of hydrogen-bond acceptors (Lipinski definition) is 3. The zero-order chi connectivity index (χ0) is 17.8. The first kappa shape index (κ1) is 17.0. The van der Waals surface area contributed by atoms with E-state index in [9.17, 15) is 9.59 Å². The van der Waals surface area contributed by atoms with Gasteiger partial charge in [0.05, 0.1) is 12.0 Å². The van der Waals surface area contributed by atoms with E-state index in [0.29, 0.717) is 28.5 Å². The smallest absolute Gasteiger partial charge is 0.255 e. The SMILES string of the molecule is CNC(=O)Cc1ccc(NC(=O)C2=Cc3cc(Cl)ccc3OC2)cc1.